The van der Waals surface area contributed by atoms with Crippen LogP contribution in [-0.2, 0) is 6.54 Å². The number of Topliss-reactive ketones (excluding diaryl/α,β-unsaturated/α-hetero) is 1. The van der Waals surface area contributed by atoms with E-state index >= 15 is 0 Å². The molecule has 0 amide bonds. The van der Waals surface area contributed by atoms with Crippen LogP contribution >= 0.6 is 0 Å². The first-order valence-electron chi connectivity index (χ1n) is 10.8. The van der Waals surface area contributed by atoms with Crippen LogP contribution in [0, 0.1) is 5.92 Å². The highest BCUT2D eigenvalue weighted by Gasteiger charge is 2.42. The molecule has 4 nitrogen and oxygen atoms in total. The third kappa shape index (κ3) is 4.88. The van der Waals surface area contributed by atoms with Crippen LogP contribution in [0.3, 0.4) is 0 Å². The van der Waals surface area contributed by atoms with Crippen molar-refractivity contribution < 1.29 is 9.53 Å². The molecule has 2 aliphatic heterocycles. The summed E-state index contributed by atoms with van der Waals surface area (Å²) in [6.07, 6.45) is 4.42. The van der Waals surface area contributed by atoms with Crippen LogP contribution in [0.15, 0.2) is 54.6 Å². The first-order chi connectivity index (χ1) is 14.1. The van der Waals surface area contributed by atoms with Gasteiger partial charge in [-0.1, -0.05) is 30.3 Å². The highest BCUT2D eigenvalue weighted by Crippen LogP contribution is 2.40. The second kappa shape index (κ2) is 9.10. The predicted molar refractivity (Wildman–Crippen MR) is 116 cm³/mol. The van der Waals surface area contributed by atoms with Crippen LogP contribution in [0.5, 0.6) is 5.75 Å². The molecule has 2 aromatic rings. The fourth-order valence-electron chi connectivity index (χ4n) is 4.84. The minimum Gasteiger partial charge on any atom is -0.492 e. The zero-order chi connectivity index (χ0) is 20.2. The Hall–Kier alpha value is -2.17. The SMILES string of the molecule is CN(C)CCOc1ccc(C(=O)C2CC3CCC(C2)N3Cc2ccccc2)cc1. The van der Waals surface area contributed by atoms with Gasteiger partial charge < -0.3 is 9.64 Å². The number of carbonyl (C=O) groups excluding carboxylic acids is 1. The number of benzene rings is 2. The number of rotatable bonds is 8. The second-order valence-electron chi connectivity index (χ2n) is 8.75. The number of ether oxygens (including phenoxy) is 1. The van der Waals surface area contributed by atoms with E-state index in [0.29, 0.717) is 24.5 Å². The van der Waals surface area contributed by atoms with E-state index in [9.17, 15) is 4.79 Å². The molecule has 0 aliphatic carbocycles. The molecule has 4 heteroatoms. The quantitative estimate of drug-likeness (QED) is 0.629. The van der Waals surface area contributed by atoms with Gasteiger partial charge in [0.25, 0.3) is 0 Å². The average molecular weight is 393 g/mol. The van der Waals surface area contributed by atoms with E-state index in [-0.39, 0.29) is 5.92 Å². The Balaban J connectivity index is 1.35. The van der Waals surface area contributed by atoms with E-state index < -0.39 is 0 Å². The predicted octanol–water partition coefficient (Wildman–Crippen LogP) is 4.25. The minimum atomic E-state index is 0.153. The summed E-state index contributed by atoms with van der Waals surface area (Å²) < 4.78 is 5.75. The second-order valence-corrected chi connectivity index (χ2v) is 8.75. The van der Waals surface area contributed by atoms with Gasteiger partial charge in [0.1, 0.15) is 12.4 Å². The smallest absolute Gasteiger partial charge is 0.166 e. The van der Waals surface area contributed by atoms with Gasteiger partial charge >= 0.3 is 0 Å². The Labute approximate surface area is 174 Å². The van der Waals surface area contributed by atoms with Crippen molar-refractivity contribution in [3.05, 3.63) is 65.7 Å². The number of ketones is 1. The zero-order valence-electron chi connectivity index (χ0n) is 17.6. The average Bonchev–Trinajstić information content (AvgIpc) is 2.96. The zero-order valence-corrected chi connectivity index (χ0v) is 17.6. The van der Waals surface area contributed by atoms with Crippen molar-refractivity contribution in [1.82, 2.24) is 9.80 Å². The van der Waals surface area contributed by atoms with Crippen LogP contribution < -0.4 is 4.74 Å². The lowest BCUT2D eigenvalue weighted by Crippen LogP contribution is -2.44. The van der Waals surface area contributed by atoms with Crippen molar-refractivity contribution in [1.29, 1.82) is 0 Å². The van der Waals surface area contributed by atoms with Crippen molar-refractivity contribution >= 4 is 5.78 Å². The monoisotopic (exact) mass is 392 g/mol. The molecule has 4 rings (SSSR count). The number of nitrogens with zero attached hydrogens (tertiary/aromatic N) is 2. The van der Waals surface area contributed by atoms with Crippen molar-refractivity contribution in [2.75, 3.05) is 27.2 Å². The standard InChI is InChI=1S/C25H32N2O2/c1-26(2)14-15-29-24-12-8-20(9-13-24)25(28)21-16-22-10-11-23(17-21)27(22)18-19-6-4-3-5-7-19/h3-9,12-13,21-23H,10-11,14-18H2,1-2H3. The summed E-state index contributed by atoms with van der Waals surface area (Å²) in [4.78, 5) is 17.9. The van der Waals surface area contributed by atoms with E-state index in [4.69, 9.17) is 4.74 Å². The van der Waals surface area contributed by atoms with E-state index in [0.717, 1.165) is 37.2 Å². The largest absolute Gasteiger partial charge is 0.492 e. The lowest BCUT2D eigenvalue weighted by Gasteiger charge is -2.38. The summed E-state index contributed by atoms with van der Waals surface area (Å²) in [7, 11) is 4.06. The van der Waals surface area contributed by atoms with Gasteiger partial charge in [0.15, 0.2) is 5.78 Å². The Bertz CT molecular complexity index is 789. The minimum absolute atomic E-state index is 0.153. The molecule has 2 bridgehead atoms. The topological polar surface area (TPSA) is 32.8 Å². The number of likely N-dealkylation sites (N-methyl/N-ethyl adjacent to an activating group) is 1. The van der Waals surface area contributed by atoms with Gasteiger partial charge in [0.05, 0.1) is 0 Å². The summed E-state index contributed by atoms with van der Waals surface area (Å²) in [5, 5.41) is 0. The Morgan fingerprint density at radius 1 is 1.00 bits per heavy atom. The van der Waals surface area contributed by atoms with Gasteiger partial charge in [-0.05, 0) is 69.6 Å². The Morgan fingerprint density at radius 3 is 2.28 bits per heavy atom. The summed E-state index contributed by atoms with van der Waals surface area (Å²) >= 11 is 0. The summed E-state index contributed by atoms with van der Waals surface area (Å²) in [5.41, 5.74) is 2.20. The summed E-state index contributed by atoms with van der Waals surface area (Å²) in [5.74, 6) is 1.29. The number of piperidine rings is 1. The molecule has 2 atom stereocenters. The molecule has 2 saturated heterocycles. The van der Waals surface area contributed by atoms with Gasteiger partial charge in [0.2, 0.25) is 0 Å². The highest BCUT2D eigenvalue weighted by atomic mass is 16.5. The normalized spacial score (nSPS) is 24.0. The van der Waals surface area contributed by atoms with E-state index in [1.165, 1.54) is 18.4 Å². The molecule has 2 unspecified atom stereocenters. The molecule has 0 spiro atoms. The summed E-state index contributed by atoms with van der Waals surface area (Å²) in [6.45, 7) is 2.55. The molecule has 2 heterocycles. The molecule has 0 aromatic heterocycles. The molecular formula is C25H32N2O2. The van der Waals surface area contributed by atoms with Crippen molar-refractivity contribution in [3.63, 3.8) is 0 Å². The van der Waals surface area contributed by atoms with Crippen LogP contribution in [0.1, 0.15) is 41.6 Å². The van der Waals surface area contributed by atoms with Gasteiger partial charge in [0, 0.05) is 36.7 Å². The third-order valence-corrected chi connectivity index (χ3v) is 6.41. The van der Waals surface area contributed by atoms with E-state index in [1.807, 2.05) is 38.4 Å². The number of hydrogen-bond donors (Lipinski definition) is 0. The summed E-state index contributed by atoms with van der Waals surface area (Å²) in [6, 6.07) is 19.5. The molecule has 0 radical (unpaired) electrons. The van der Waals surface area contributed by atoms with Crippen molar-refractivity contribution in [3.8, 4) is 5.75 Å². The first-order valence-corrected chi connectivity index (χ1v) is 10.8. The first kappa shape index (κ1) is 20.1. The van der Waals surface area contributed by atoms with E-state index in [1.54, 1.807) is 0 Å². The fraction of sp³-hybridized carbons (Fsp3) is 0.480. The van der Waals surface area contributed by atoms with Gasteiger partial charge in [-0.15, -0.1) is 0 Å². The van der Waals surface area contributed by atoms with Gasteiger partial charge in [-0.2, -0.15) is 0 Å². The van der Waals surface area contributed by atoms with Crippen LogP contribution in [-0.4, -0.2) is 54.9 Å². The number of carbonyl (C=O) groups is 1. The molecule has 2 aromatic carbocycles. The fourth-order valence-corrected chi connectivity index (χ4v) is 4.84. The molecule has 2 fully saturated rings. The van der Waals surface area contributed by atoms with Crippen molar-refractivity contribution in [2.45, 2.75) is 44.3 Å². The van der Waals surface area contributed by atoms with Crippen molar-refractivity contribution in [2.24, 2.45) is 5.92 Å². The molecule has 0 N–H and O–H groups in total. The molecule has 29 heavy (non-hydrogen) atoms. The lowest BCUT2D eigenvalue weighted by atomic mass is 9.84. The molecule has 154 valence electrons. The van der Waals surface area contributed by atoms with Gasteiger partial charge in [-0.3, -0.25) is 9.69 Å². The van der Waals surface area contributed by atoms with Crippen LogP contribution in [0.25, 0.3) is 0 Å². The number of fused-ring (bicyclic) bond motifs is 2. The molecule has 0 saturated carbocycles. The molecule has 2 aliphatic rings. The lowest BCUT2D eigenvalue weighted by molar-refractivity contribution is 0.0678. The number of hydrogen-bond acceptors (Lipinski definition) is 4. The van der Waals surface area contributed by atoms with E-state index in [2.05, 4.69) is 40.1 Å². The maximum atomic E-state index is 13.1. The maximum Gasteiger partial charge on any atom is 0.166 e. The van der Waals surface area contributed by atoms with Crippen LogP contribution in [0.2, 0.25) is 0 Å². The van der Waals surface area contributed by atoms with Gasteiger partial charge in [-0.25, -0.2) is 0 Å². The Morgan fingerprint density at radius 2 is 1.66 bits per heavy atom. The Kier molecular flexibility index (Phi) is 6.31. The maximum absolute atomic E-state index is 13.1. The third-order valence-electron chi connectivity index (χ3n) is 6.41. The highest BCUT2D eigenvalue weighted by molar-refractivity contribution is 5.98. The molecular weight excluding hydrogens is 360 g/mol. The van der Waals surface area contributed by atoms with Crippen LogP contribution in [0.4, 0.5) is 0 Å².